The summed E-state index contributed by atoms with van der Waals surface area (Å²) in [5.74, 6) is 0.380. The van der Waals surface area contributed by atoms with Gasteiger partial charge in [-0.2, -0.15) is 0 Å². The Morgan fingerprint density at radius 2 is 2.07 bits per heavy atom. The van der Waals surface area contributed by atoms with E-state index in [1.54, 1.807) is 17.6 Å². The van der Waals surface area contributed by atoms with Crippen molar-refractivity contribution >= 4 is 56.0 Å². The smallest absolute Gasteiger partial charge is 0.253 e. The molecule has 9 nitrogen and oxygen atoms in total. The number of hydrogen-bond donors (Lipinski definition) is 2. The number of nitrogens with one attached hydrogen (secondary N) is 2. The largest absolute Gasteiger partial charge is 0.342 e. The van der Waals surface area contributed by atoms with Gasteiger partial charge in [0.2, 0.25) is 11.0 Å². The summed E-state index contributed by atoms with van der Waals surface area (Å²) in [5.41, 5.74) is 2.09. The van der Waals surface area contributed by atoms with E-state index in [0.29, 0.717) is 28.2 Å². The van der Waals surface area contributed by atoms with Gasteiger partial charge >= 0.3 is 0 Å². The van der Waals surface area contributed by atoms with Gasteiger partial charge in [-0.3, -0.25) is 14.9 Å². The zero-order chi connectivity index (χ0) is 20.8. The molecule has 12 heteroatoms. The number of hydrogen-bond acceptors (Lipinski definition) is 8. The van der Waals surface area contributed by atoms with Gasteiger partial charge in [-0.15, -0.1) is 20.4 Å². The zero-order valence-corrected chi connectivity index (χ0v) is 18.8. The Kier molecular flexibility index (Phi) is 7.34. The average Bonchev–Trinajstić information content (AvgIpc) is 3.35. The SMILES string of the molecule is CCn1c(SCC(=O)Nc2nncs2)nnc1[C@H](C)NC(=O)c1ccccc1Br. The summed E-state index contributed by atoms with van der Waals surface area (Å²) in [6.07, 6.45) is 0. The molecule has 2 aromatic heterocycles. The van der Waals surface area contributed by atoms with E-state index in [9.17, 15) is 9.59 Å². The van der Waals surface area contributed by atoms with Crippen molar-refractivity contribution < 1.29 is 9.59 Å². The summed E-state index contributed by atoms with van der Waals surface area (Å²) in [6, 6.07) is 6.86. The molecule has 1 atom stereocenters. The van der Waals surface area contributed by atoms with Crippen LogP contribution in [0.2, 0.25) is 0 Å². The minimum Gasteiger partial charge on any atom is -0.342 e. The van der Waals surface area contributed by atoms with E-state index >= 15 is 0 Å². The van der Waals surface area contributed by atoms with Crippen molar-refractivity contribution in [2.45, 2.75) is 31.6 Å². The van der Waals surface area contributed by atoms with Crippen LogP contribution in [0.4, 0.5) is 5.13 Å². The predicted molar refractivity (Wildman–Crippen MR) is 115 cm³/mol. The standard InChI is InChI=1S/C17H18BrN7O2S2/c1-3-25-14(10(2)20-15(27)11-6-4-5-7-12(11)18)22-24-17(25)28-8-13(26)21-16-23-19-9-29-16/h4-7,9-10H,3,8H2,1-2H3,(H,20,27)(H,21,23,26)/t10-/m0/s1. The Bertz CT molecular complexity index is 994. The van der Waals surface area contributed by atoms with Gasteiger partial charge in [0.15, 0.2) is 11.0 Å². The van der Waals surface area contributed by atoms with Crippen molar-refractivity contribution in [2.75, 3.05) is 11.1 Å². The van der Waals surface area contributed by atoms with Gasteiger partial charge in [-0.1, -0.05) is 35.2 Å². The lowest BCUT2D eigenvalue weighted by Crippen LogP contribution is -2.29. The molecule has 0 unspecified atom stereocenters. The van der Waals surface area contributed by atoms with Gasteiger partial charge in [-0.05, 0) is 41.9 Å². The lowest BCUT2D eigenvalue weighted by atomic mass is 10.2. The molecule has 0 spiro atoms. The predicted octanol–water partition coefficient (Wildman–Crippen LogP) is 3.13. The first-order valence-corrected chi connectivity index (χ1v) is 11.3. The van der Waals surface area contributed by atoms with Crippen LogP contribution in [0.25, 0.3) is 0 Å². The topological polar surface area (TPSA) is 115 Å². The van der Waals surface area contributed by atoms with Gasteiger partial charge in [0.05, 0.1) is 17.4 Å². The maximum atomic E-state index is 12.6. The molecule has 0 bridgehead atoms. The maximum absolute atomic E-state index is 12.6. The van der Waals surface area contributed by atoms with E-state index in [-0.39, 0.29) is 23.6 Å². The number of thioether (sulfide) groups is 1. The molecular weight excluding hydrogens is 478 g/mol. The number of aromatic nitrogens is 5. The van der Waals surface area contributed by atoms with Crippen LogP contribution in [-0.4, -0.2) is 42.5 Å². The van der Waals surface area contributed by atoms with Crippen LogP contribution in [0.5, 0.6) is 0 Å². The molecule has 0 fully saturated rings. The van der Waals surface area contributed by atoms with Gasteiger partial charge in [0.1, 0.15) is 5.51 Å². The number of anilines is 1. The highest BCUT2D eigenvalue weighted by atomic mass is 79.9. The summed E-state index contributed by atoms with van der Waals surface area (Å²) in [6.45, 7) is 4.42. The van der Waals surface area contributed by atoms with Crippen molar-refractivity contribution in [3.05, 3.63) is 45.6 Å². The zero-order valence-electron chi connectivity index (χ0n) is 15.6. The number of rotatable bonds is 8. The average molecular weight is 496 g/mol. The van der Waals surface area contributed by atoms with E-state index in [0.717, 1.165) is 4.47 Å². The van der Waals surface area contributed by atoms with Crippen molar-refractivity contribution in [3.63, 3.8) is 0 Å². The third-order valence-corrected chi connectivity index (χ3v) is 6.12. The number of halogens is 1. The Morgan fingerprint density at radius 1 is 1.28 bits per heavy atom. The Balaban J connectivity index is 1.64. The van der Waals surface area contributed by atoms with Crippen molar-refractivity contribution in [1.29, 1.82) is 0 Å². The van der Waals surface area contributed by atoms with E-state index in [2.05, 4.69) is 47.0 Å². The van der Waals surface area contributed by atoms with Gasteiger partial charge in [0, 0.05) is 11.0 Å². The van der Waals surface area contributed by atoms with Crippen molar-refractivity contribution in [3.8, 4) is 0 Å². The van der Waals surface area contributed by atoms with Crippen LogP contribution in [0.1, 0.15) is 36.1 Å². The molecule has 0 aliphatic rings. The molecule has 29 heavy (non-hydrogen) atoms. The molecule has 0 aliphatic carbocycles. The van der Waals surface area contributed by atoms with Gasteiger partial charge < -0.3 is 9.88 Å². The number of carbonyl (C=O) groups is 2. The fraction of sp³-hybridized carbons (Fsp3) is 0.294. The minimum absolute atomic E-state index is 0.162. The molecular formula is C17H18BrN7O2S2. The summed E-state index contributed by atoms with van der Waals surface area (Å²) >= 11 is 5.91. The fourth-order valence-corrected chi connectivity index (χ4v) is 4.26. The highest BCUT2D eigenvalue weighted by molar-refractivity contribution is 9.10. The second-order valence-electron chi connectivity index (χ2n) is 5.84. The van der Waals surface area contributed by atoms with Crippen molar-refractivity contribution in [1.82, 2.24) is 30.3 Å². The first kappa shape index (κ1) is 21.4. The number of amides is 2. The van der Waals surface area contributed by atoms with Crippen molar-refractivity contribution in [2.24, 2.45) is 0 Å². The Morgan fingerprint density at radius 3 is 2.76 bits per heavy atom. The summed E-state index contributed by atoms with van der Waals surface area (Å²) in [5, 5.41) is 22.5. The lowest BCUT2D eigenvalue weighted by molar-refractivity contribution is -0.113. The number of benzene rings is 1. The normalized spacial score (nSPS) is 11.8. The molecule has 152 valence electrons. The second kappa shape index (κ2) is 9.94. The van der Waals surface area contributed by atoms with E-state index < -0.39 is 0 Å². The van der Waals surface area contributed by atoms with E-state index in [1.807, 2.05) is 30.5 Å². The lowest BCUT2D eigenvalue weighted by Gasteiger charge is -2.15. The summed E-state index contributed by atoms with van der Waals surface area (Å²) < 4.78 is 2.60. The molecule has 0 radical (unpaired) electrons. The maximum Gasteiger partial charge on any atom is 0.253 e. The molecule has 2 heterocycles. The highest BCUT2D eigenvalue weighted by Crippen LogP contribution is 2.22. The first-order valence-electron chi connectivity index (χ1n) is 8.67. The number of nitrogens with zero attached hydrogens (tertiary/aromatic N) is 5. The Labute approximate surface area is 183 Å². The van der Waals surface area contributed by atoms with Crippen LogP contribution >= 0.6 is 39.0 Å². The third kappa shape index (κ3) is 5.40. The summed E-state index contributed by atoms with van der Waals surface area (Å²) in [7, 11) is 0. The molecule has 0 aliphatic heterocycles. The first-order chi connectivity index (χ1) is 14.0. The highest BCUT2D eigenvalue weighted by Gasteiger charge is 2.21. The molecule has 0 saturated carbocycles. The monoisotopic (exact) mass is 495 g/mol. The quantitative estimate of drug-likeness (QED) is 0.461. The number of carbonyl (C=O) groups excluding carboxylic acids is 2. The van der Waals surface area contributed by atoms with Crippen LogP contribution in [0.15, 0.2) is 39.4 Å². The van der Waals surface area contributed by atoms with Crippen LogP contribution in [0.3, 0.4) is 0 Å². The van der Waals surface area contributed by atoms with Crippen LogP contribution < -0.4 is 10.6 Å². The molecule has 0 saturated heterocycles. The molecule has 2 N–H and O–H groups in total. The summed E-state index contributed by atoms with van der Waals surface area (Å²) in [4.78, 5) is 24.6. The molecule has 1 aromatic carbocycles. The van der Waals surface area contributed by atoms with Crippen LogP contribution in [0, 0.1) is 0 Å². The molecule has 3 rings (SSSR count). The molecule has 3 aromatic rings. The fourth-order valence-electron chi connectivity index (χ4n) is 2.52. The Hall–Kier alpha value is -2.31. The van der Waals surface area contributed by atoms with Crippen LogP contribution in [-0.2, 0) is 11.3 Å². The van der Waals surface area contributed by atoms with E-state index in [4.69, 9.17) is 0 Å². The minimum atomic E-state index is -0.355. The molecule has 2 amide bonds. The second-order valence-corrected chi connectivity index (χ2v) is 8.47. The van der Waals surface area contributed by atoms with Gasteiger partial charge in [-0.25, -0.2) is 0 Å². The third-order valence-electron chi connectivity index (χ3n) is 3.85. The van der Waals surface area contributed by atoms with Gasteiger partial charge in [0.25, 0.3) is 5.91 Å². The van der Waals surface area contributed by atoms with E-state index in [1.165, 1.54) is 23.1 Å².